The quantitative estimate of drug-likeness (QED) is 0.610. The topological polar surface area (TPSA) is 63.3 Å². The number of carboxylic acids is 1. The Morgan fingerprint density at radius 1 is 1.78 bits per heavy atom. The van der Waals surface area contributed by atoms with Crippen molar-refractivity contribution in [2.75, 3.05) is 6.54 Å². The van der Waals surface area contributed by atoms with Gasteiger partial charge in [0, 0.05) is 0 Å². The van der Waals surface area contributed by atoms with Gasteiger partial charge in [0.25, 0.3) is 0 Å². The molecule has 56 valence electrons. The molecule has 0 fully saturated rings. The van der Waals surface area contributed by atoms with E-state index in [2.05, 4.69) is 0 Å². The van der Waals surface area contributed by atoms with Gasteiger partial charge in [0.1, 0.15) is 5.38 Å². The molecule has 0 saturated carbocycles. The molecule has 0 aliphatic carbocycles. The van der Waals surface area contributed by atoms with Crippen LogP contribution in [0, 0.1) is 0 Å². The molecule has 0 bridgehead atoms. The van der Waals surface area contributed by atoms with Crippen molar-refractivity contribution in [1.29, 1.82) is 0 Å². The molecule has 0 aromatic carbocycles. The molecule has 0 heterocycles. The van der Waals surface area contributed by atoms with Gasteiger partial charge in [-0.2, -0.15) is 0 Å². The van der Waals surface area contributed by atoms with Crippen LogP contribution in [0.15, 0.2) is 0 Å². The third-order valence-corrected chi connectivity index (χ3v) is 1.09. The Kier molecular flexibility index (Phi) is 8.02. The summed E-state index contributed by atoms with van der Waals surface area (Å²) in [4.78, 5) is 9.90. The second-order valence-electron chi connectivity index (χ2n) is 1.38. The van der Waals surface area contributed by atoms with Gasteiger partial charge in [-0.15, -0.1) is 24.0 Å². The molecule has 0 aliphatic heterocycles. The van der Waals surface area contributed by atoms with Gasteiger partial charge < -0.3 is 10.8 Å². The molecule has 0 radical (unpaired) electrons. The summed E-state index contributed by atoms with van der Waals surface area (Å²) < 4.78 is 0. The van der Waals surface area contributed by atoms with E-state index >= 15 is 0 Å². The zero-order valence-electron chi connectivity index (χ0n) is 4.71. The fourth-order valence-corrected chi connectivity index (χ4v) is 0.396. The molecule has 0 spiro atoms. The third kappa shape index (κ3) is 5.89. The van der Waals surface area contributed by atoms with E-state index in [1.807, 2.05) is 0 Å². The standard InChI is InChI=1S/C4H8ClNO2.ClH/c5-3(1-2-6)4(7)8;/h3H,1-2,6H2,(H,7,8);1H/t3-;/m1./s1. The van der Waals surface area contributed by atoms with Crippen LogP contribution in [-0.4, -0.2) is 23.0 Å². The molecule has 5 heteroatoms. The summed E-state index contributed by atoms with van der Waals surface area (Å²) in [5, 5.41) is 7.31. The van der Waals surface area contributed by atoms with Crippen LogP contribution in [-0.2, 0) is 4.79 Å². The molecular formula is C4H9Cl2NO2. The van der Waals surface area contributed by atoms with Crippen molar-refractivity contribution < 1.29 is 9.90 Å². The Hall–Kier alpha value is 0.01000. The van der Waals surface area contributed by atoms with Gasteiger partial charge in [-0.1, -0.05) is 0 Å². The Morgan fingerprint density at radius 3 is 2.33 bits per heavy atom. The maximum atomic E-state index is 9.90. The van der Waals surface area contributed by atoms with Crippen molar-refractivity contribution in [3.63, 3.8) is 0 Å². The molecule has 0 amide bonds. The average Bonchev–Trinajstić information content (AvgIpc) is 1.67. The second kappa shape index (κ2) is 6.13. The number of carbonyl (C=O) groups is 1. The summed E-state index contributed by atoms with van der Waals surface area (Å²) in [6, 6.07) is 0. The number of halogens is 2. The number of rotatable bonds is 3. The predicted octanol–water partition coefficient (Wildman–Crippen LogP) is 0.449. The maximum absolute atomic E-state index is 9.90. The van der Waals surface area contributed by atoms with Gasteiger partial charge in [-0.3, -0.25) is 4.79 Å². The van der Waals surface area contributed by atoms with E-state index in [1.165, 1.54) is 0 Å². The summed E-state index contributed by atoms with van der Waals surface area (Å²) >= 11 is 5.24. The summed E-state index contributed by atoms with van der Waals surface area (Å²) in [6.07, 6.45) is 0.330. The summed E-state index contributed by atoms with van der Waals surface area (Å²) in [5.74, 6) is -1.00. The first-order valence-corrected chi connectivity index (χ1v) is 2.69. The minimum atomic E-state index is -1.00. The molecular weight excluding hydrogens is 165 g/mol. The van der Waals surface area contributed by atoms with E-state index in [9.17, 15) is 4.79 Å². The van der Waals surface area contributed by atoms with Gasteiger partial charge in [-0.25, -0.2) is 0 Å². The Bertz CT molecular complexity index is 88.6. The van der Waals surface area contributed by atoms with Crippen LogP contribution in [0.25, 0.3) is 0 Å². The molecule has 3 nitrogen and oxygen atoms in total. The molecule has 3 N–H and O–H groups in total. The van der Waals surface area contributed by atoms with Crippen LogP contribution in [0.3, 0.4) is 0 Å². The van der Waals surface area contributed by atoms with Gasteiger partial charge in [-0.05, 0) is 13.0 Å². The number of carboxylic acid groups (broad SMARTS) is 1. The van der Waals surface area contributed by atoms with E-state index in [4.69, 9.17) is 22.4 Å². The van der Waals surface area contributed by atoms with Crippen LogP contribution in [0.2, 0.25) is 0 Å². The van der Waals surface area contributed by atoms with Crippen molar-refractivity contribution in [2.45, 2.75) is 11.8 Å². The highest BCUT2D eigenvalue weighted by Gasteiger charge is 2.10. The smallest absolute Gasteiger partial charge is 0.321 e. The summed E-state index contributed by atoms with van der Waals surface area (Å²) in [5.41, 5.74) is 5.02. The van der Waals surface area contributed by atoms with Crippen molar-refractivity contribution in [2.24, 2.45) is 5.73 Å². The zero-order chi connectivity index (χ0) is 6.57. The van der Waals surface area contributed by atoms with Gasteiger partial charge in [0.15, 0.2) is 0 Å². The zero-order valence-corrected chi connectivity index (χ0v) is 6.28. The van der Waals surface area contributed by atoms with Crippen molar-refractivity contribution in [1.82, 2.24) is 0 Å². The lowest BCUT2D eigenvalue weighted by Gasteiger charge is -1.97. The van der Waals surface area contributed by atoms with E-state index in [0.717, 1.165) is 0 Å². The fraction of sp³-hybridized carbons (Fsp3) is 0.750. The van der Waals surface area contributed by atoms with Crippen molar-refractivity contribution in [3.05, 3.63) is 0 Å². The number of hydrogen-bond donors (Lipinski definition) is 2. The maximum Gasteiger partial charge on any atom is 0.321 e. The molecule has 0 aromatic rings. The van der Waals surface area contributed by atoms with E-state index in [1.54, 1.807) is 0 Å². The largest absolute Gasteiger partial charge is 0.480 e. The first kappa shape index (κ1) is 11.8. The molecule has 0 rings (SSSR count). The molecule has 0 unspecified atom stereocenters. The Labute approximate surface area is 64.6 Å². The number of hydrogen-bond acceptors (Lipinski definition) is 2. The van der Waals surface area contributed by atoms with Crippen LogP contribution >= 0.6 is 24.0 Å². The third-order valence-electron chi connectivity index (χ3n) is 0.688. The highest BCUT2D eigenvalue weighted by Crippen LogP contribution is 1.98. The lowest BCUT2D eigenvalue weighted by molar-refractivity contribution is -0.136. The SMILES string of the molecule is Cl.NCC[C@@H](Cl)C(=O)O. The highest BCUT2D eigenvalue weighted by molar-refractivity contribution is 6.29. The van der Waals surface area contributed by atoms with E-state index in [0.29, 0.717) is 13.0 Å². The predicted molar refractivity (Wildman–Crippen MR) is 38.2 cm³/mol. The summed E-state index contributed by atoms with van der Waals surface area (Å²) in [7, 11) is 0. The van der Waals surface area contributed by atoms with Crippen molar-refractivity contribution in [3.8, 4) is 0 Å². The molecule has 0 saturated heterocycles. The van der Waals surface area contributed by atoms with Gasteiger partial charge >= 0.3 is 5.97 Å². The van der Waals surface area contributed by atoms with Crippen molar-refractivity contribution >= 4 is 30.0 Å². The summed E-state index contributed by atoms with van der Waals surface area (Å²) in [6.45, 7) is 0.320. The number of aliphatic carboxylic acids is 1. The molecule has 1 atom stereocenters. The number of alkyl halides is 1. The second-order valence-corrected chi connectivity index (χ2v) is 1.91. The molecule has 0 aliphatic rings. The van der Waals surface area contributed by atoms with Crippen LogP contribution < -0.4 is 5.73 Å². The van der Waals surface area contributed by atoms with Gasteiger partial charge in [0.2, 0.25) is 0 Å². The highest BCUT2D eigenvalue weighted by atomic mass is 35.5. The molecule has 0 aromatic heterocycles. The normalized spacial score (nSPS) is 11.8. The first-order chi connectivity index (χ1) is 3.68. The average molecular weight is 174 g/mol. The molecule has 9 heavy (non-hydrogen) atoms. The lowest BCUT2D eigenvalue weighted by Crippen LogP contribution is -2.17. The van der Waals surface area contributed by atoms with Crippen LogP contribution in [0.4, 0.5) is 0 Å². The Balaban J connectivity index is 0. The van der Waals surface area contributed by atoms with Gasteiger partial charge in [0.05, 0.1) is 0 Å². The number of nitrogens with two attached hydrogens (primary N) is 1. The van der Waals surface area contributed by atoms with Crippen LogP contribution in [0.5, 0.6) is 0 Å². The fourth-order valence-electron chi connectivity index (χ4n) is 0.270. The van der Waals surface area contributed by atoms with E-state index < -0.39 is 11.3 Å². The minimum absolute atomic E-state index is 0. The monoisotopic (exact) mass is 173 g/mol. The van der Waals surface area contributed by atoms with Crippen LogP contribution in [0.1, 0.15) is 6.42 Å². The minimum Gasteiger partial charge on any atom is -0.480 e. The van der Waals surface area contributed by atoms with E-state index in [-0.39, 0.29) is 12.4 Å². The first-order valence-electron chi connectivity index (χ1n) is 2.25. The lowest BCUT2D eigenvalue weighted by atomic mass is 10.3. The Morgan fingerprint density at radius 2 is 2.22 bits per heavy atom.